The maximum Gasteiger partial charge on any atom is 0.127 e. The first-order valence-electron chi connectivity index (χ1n) is 17.6. The maximum atomic E-state index is 11.4. The van der Waals surface area contributed by atoms with Crippen LogP contribution in [-0.2, 0) is 26.2 Å². The SMILES string of the molecule is CCOc1ccc(Nc2ccc(CCN(Cc3ccccc3)C[C@H](O)c3ccc(OCc4ccccc4)c(CO)c3)cc2)cc1-c1ccccc1.N. The highest BCUT2D eigenvalue weighted by molar-refractivity contribution is 5.76. The van der Waals surface area contributed by atoms with Crippen LogP contribution in [0.3, 0.4) is 0 Å². The molecule has 0 fully saturated rings. The molecule has 0 saturated heterocycles. The van der Waals surface area contributed by atoms with Gasteiger partial charge < -0.3 is 31.2 Å². The first kappa shape index (κ1) is 37.8. The molecular weight excluding hydrogens is 647 g/mol. The quantitative estimate of drug-likeness (QED) is 0.0753. The van der Waals surface area contributed by atoms with Gasteiger partial charge >= 0.3 is 0 Å². The van der Waals surface area contributed by atoms with Crippen molar-refractivity contribution in [3.63, 3.8) is 0 Å². The van der Waals surface area contributed by atoms with Crippen molar-refractivity contribution in [3.05, 3.63) is 179 Å². The molecule has 0 aliphatic rings. The lowest BCUT2D eigenvalue weighted by Gasteiger charge is -2.26. The molecule has 0 bridgehead atoms. The van der Waals surface area contributed by atoms with E-state index in [0.717, 1.165) is 52.3 Å². The summed E-state index contributed by atoms with van der Waals surface area (Å²) in [4.78, 5) is 2.29. The number of nitrogens with zero attached hydrogens (tertiary/aromatic N) is 1. The Balaban J connectivity index is 0.00000523. The Morgan fingerprint density at radius 1 is 0.654 bits per heavy atom. The molecule has 6 aromatic rings. The van der Waals surface area contributed by atoms with Crippen LogP contribution >= 0.6 is 0 Å². The van der Waals surface area contributed by atoms with Crippen LogP contribution in [-0.4, -0.2) is 34.8 Å². The van der Waals surface area contributed by atoms with E-state index in [1.165, 1.54) is 11.1 Å². The number of aliphatic hydroxyl groups is 2. The summed E-state index contributed by atoms with van der Waals surface area (Å²) < 4.78 is 11.9. The zero-order valence-electron chi connectivity index (χ0n) is 29.8. The van der Waals surface area contributed by atoms with Crippen LogP contribution in [0.1, 0.15) is 40.8 Å². The summed E-state index contributed by atoms with van der Waals surface area (Å²) in [5.74, 6) is 1.49. The van der Waals surface area contributed by atoms with Crippen LogP contribution in [0.15, 0.2) is 152 Å². The van der Waals surface area contributed by atoms with Crippen molar-refractivity contribution in [2.24, 2.45) is 0 Å². The van der Waals surface area contributed by atoms with E-state index < -0.39 is 6.10 Å². The molecular formula is C45H49N3O4. The molecule has 0 spiro atoms. The predicted molar refractivity (Wildman–Crippen MR) is 211 cm³/mol. The van der Waals surface area contributed by atoms with E-state index in [9.17, 15) is 10.2 Å². The molecule has 6 rings (SSSR count). The molecule has 0 aliphatic heterocycles. The van der Waals surface area contributed by atoms with Crippen molar-refractivity contribution in [2.45, 2.75) is 39.2 Å². The Morgan fingerprint density at radius 3 is 1.96 bits per heavy atom. The number of nitrogens with one attached hydrogen (secondary N) is 1. The lowest BCUT2D eigenvalue weighted by Crippen LogP contribution is -2.30. The van der Waals surface area contributed by atoms with Crippen LogP contribution in [0.25, 0.3) is 11.1 Å². The first-order chi connectivity index (χ1) is 25.1. The van der Waals surface area contributed by atoms with Gasteiger partial charge in [0, 0.05) is 42.1 Å². The minimum atomic E-state index is -0.733. The number of hydrogen-bond donors (Lipinski definition) is 4. The first-order valence-corrected chi connectivity index (χ1v) is 17.6. The largest absolute Gasteiger partial charge is 0.493 e. The lowest BCUT2D eigenvalue weighted by molar-refractivity contribution is 0.109. The van der Waals surface area contributed by atoms with Gasteiger partial charge in [-0.3, -0.25) is 4.90 Å². The molecule has 0 heterocycles. The fraction of sp³-hybridized carbons (Fsp3) is 0.200. The van der Waals surface area contributed by atoms with Crippen LogP contribution in [0.5, 0.6) is 11.5 Å². The monoisotopic (exact) mass is 695 g/mol. The predicted octanol–water partition coefficient (Wildman–Crippen LogP) is 9.51. The smallest absolute Gasteiger partial charge is 0.127 e. The van der Waals surface area contributed by atoms with Gasteiger partial charge in [0.05, 0.1) is 19.3 Å². The van der Waals surface area contributed by atoms with Crippen LogP contribution in [0.4, 0.5) is 11.4 Å². The minimum absolute atomic E-state index is 0. The maximum absolute atomic E-state index is 11.4. The van der Waals surface area contributed by atoms with Crippen molar-refractivity contribution >= 4 is 11.4 Å². The number of hydrogen-bond acceptors (Lipinski definition) is 7. The van der Waals surface area contributed by atoms with Gasteiger partial charge in [-0.15, -0.1) is 0 Å². The average molecular weight is 696 g/mol. The van der Waals surface area contributed by atoms with Gasteiger partial charge in [-0.25, -0.2) is 0 Å². The Hall–Kier alpha value is -5.44. The number of benzene rings is 6. The summed E-state index contributed by atoms with van der Waals surface area (Å²) in [6, 6.07) is 50.9. The highest BCUT2D eigenvalue weighted by atomic mass is 16.5. The molecule has 0 radical (unpaired) electrons. The Bertz CT molecular complexity index is 1940. The summed E-state index contributed by atoms with van der Waals surface area (Å²) in [5, 5.41) is 25.1. The molecule has 0 unspecified atom stereocenters. The van der Waals surface area contributed by atoms with E-state index in [2.05, 4.69) is 64.8 Å². The molecule has 52 heavy (non-hydrogen) atoms. The minimum Gasteiger partial charge on any atom is -0.493 e. The van der Waals surface area contributed by atoms with E-state index in [0.29, 0.717) is 37.6 Å². The fourth-order valence-corrected chi connectivity index (χ4v) is 6.17. The van der Waals surface area contributed by atoms with Gasteiger partial charge in [-0.05, 0) is 83.6 Å². The van der Waals surface area contributed by atoms with Crippen LogP contribution < -0.4 is 20.9 Å². The third-order valence-corrected chi connectivity index (χ3v) is 8.88. The van der Waals surface area contributed by atoms with Crippen LogP contribution in [0, 0.1) is 0 Å². The van der Waals surface area contributed by atoms with Crippen molar-refractivity contribution in [1.82, 2.24) is 11.1 Å². The Morgan fingerprint density at radius 2 is 1.29 bits per heavy atom. The molecule has 6 aromatic carbocycles. The molecule has 268 valence electrons. The van der Waals surface area contributed by atoms with Gasteiger partial charge in [0.15, 0.2) is 0 Å². The highest BCUT2D eigenvalue weighted by Crippen LogP contribution is 2.34. The van der Waals surface area contributed by atoms with E-state index in [4.69, 9.17) is 9.47 Å². The normalized spacial score (nSPS) is 11.5. The summed E-state index contributed by atoms with van der Waals surface area (Å²) in [6.45, 7) is 4.78. The van der Waals surface area contributed by atoms with E-state index >= 15 is 0 Å². The second-order valence-corrected chi connectivity index (χ2v) is 12.6. The molecule has 7 nitrogen and oxygen atoms in total. The fourth-order valence-electron chi connectivity index (χ4n) is 6.17. The standard InChI is InChI=1S/C45H46N2O4.H3N/c1-2-50-45-25-23-41(29-42(45)37-16-10-5-11-17-37)46-40-21-18-34(19-22-40)26-27-47(30-35-12-6-3-7-13-35)31-43(49)38-20-24-44(39(28-38)32-48)51-33-36-14-8-4-9-15-36;/h3-25,28-29,43,46,48-49H,2,26-27,30-33H2,1H3;1H3/t43-;/m0./s1. The highest BCUT2D eigenvalue weighted by Gasteiger charge is 2.17. The molecule has 0 amide bonds. The third kappa shape index (κ3) is 10.5. The van der Waals surface area contributed by atoms with Crippen molar-refractivity contribution < 1.29 is 19.7 Å². The second kappa shape index (κ2) is 19.2. The van der Waals surface area contributed by atoms with Crippen molar-refractivity contribution in [3.8, 4) is 22.6 Å². The lowest BCUT2D eigenvalue weighted by atomic mass is 10.0. The Labute approximate surface area is 307 Å². The van der Waals surface area contributed by atoms with E-state index in [1.54, 1.807) is 0 Å². The Kier molecular flexibility index (Phi) is 14.0. The number of anilines is 2. The van der Waals surface area contributed by atoms with Gasteiger partial charge in [0.25, 0.3) is 0 Å². The number of ether oxygens (including phenoxy) is 2. The zero-order valence-corrected chi connectivity index (χ0v) is 29.8. The van der Waals surface area contributed by atoms with Gasteiger partial charge in [-0.1, -0.05) is 109 Å². The molecule has 7 heteroatoms. The topological polar surface area (TPSA) is 109 Å². The molecule has 1 atom stereocenters. The van der Waals surface area contributed by atoms with Gasteiger partial charge in [0.1, 0.15) is 18.1 Å². The summed E-state index contributed by atoms with van der Waals surface area (Å²) in [6.07, 6.45) is 0.0958. The summed E-state index contributed by atoms with van der Waals surface area (Å²) >= 11 is 0. The molecule has 6 N–H and O–H groups in total. The van der Waals surface area contributed by atoms with Crippen molar-refractivity contribution in [1.29, 1.82) is 0 Å². The van der Waals surface area contributed by atoms with E-state index in [1.807, 2.05) is 104 Å². The van der Waals surface area contributed by atoms with Gasteiger partial charge in [0.2, 0.25) is 0 Å². The van der Waals surface area contributed by atoms with Crippen molar-refractivity contribution in [2.75, 3.05) is 25.0 Å². The van der Waals surface area contributed by atoms with Gasteiger partial charge in [-0.2, -0.15) is 0 Å². The molecule has 0 aliphatic carbocycles. The number of aliphatic hydroxyl groups excluding tert-OH is 2. The van der Waals surface area contributed by atoms with E-state index in [-0.39, 0.29) is 12.8 Å². The third-order valence-electron chi connectivity index (χ3n) is 8.88. The average Bonchev–Trinajstić information content (AvgIpc) is 3.18. The molecule has 0 aromatic heterocycles. The second-order valence-electron chi connectivity index (χ2n) is 12.6. The summed E-state index contributed by atoms with van der Waals surface area (Å²) in [7, 11) is 0. The molecule has 0 saturated carbocycles. The summed E-state index contributed by atoms with van der Waals surface area (Å²) in [5.41, 5.74) is 9.04. The number of rotatable bonds is 17. The zero-order chi connectivity index (χ0) is 35.3. The van der Waals surface area contributed by atoms with Crippen LogP contribution in [0.2, 0.25) is 0 Å².